The van der Waals surface area contributed by atoms with Crippen LogP contribution in [-0.2, 0) is 10.8 Å². The Morgan fingerprint density at radius 2 is 0.864 bits per heavy atom. The molecule has 0 heteroatoms. The van der Waals surface area contributed by atoms with Crippen LogP contribution in [0, 0.1) is 0 Å². The molecule has 0 heterocycles. The van der Waals surface area contributed by atoms with E-state index >= 15 is 0 Å². The molecule has 1 saturated carbocycles. The fourth-order valence-electron chi connectivity index (χ4n) is 5.10. The number of fused-ring (bicyclic) bond motifs is 2. The van der Waals surface area contributed by atoms with Gasteiger partial charge in [-0.05, 0) is 50.7 Å². The quantitative estimate of drug-likeness (QED) is 0.614. The normalized spacial score (nSPS) is 30.6. The van der Waals surface area contributed by atoms with Crippen LogP contribution in [0.4, 0.5) is 0 Å². The van der Waals surface area contributed by atoms with E-state index in [4.69, 9.17) is 0 Å². The Balaban J connectivity index is 1.87. The van der Waals surface area contributed by atoms with E-state index < -0.39 is 0 Å². The molecule has 0 saturated heterocycles. The van der Waals surface area contributed by atoms with Gasteiger partial charge in [-0.25, -0.2) is 0 Å². The van der Waals surface area contributed by atoms with E-state index in [1.165, 1.54) is 36.8 Å². The van der Waals surface area contributed by atoms with Crippen molar-refractivity contribution in [2.45, 2.75) is 50.4 Å². The SMILES string of the molecule is CC1=C(C)C2(c3ccccc3)CCC1(c1ccccc1)CC2. The van der Waals surface area contributed by atoms with Crippen molar-refractivity contribution in [3.8, 4) is 0 Å². The Kier molecular flexibility index (Phi) is 3.04. The summed E-state index contributed by atoms with van der Waals surface area (Å²) in [5, 5.41) is 0. The number of rotatable bonds is 2. The summed E-state index contributed by atoms with van der Waals surface area (Å²) >= 11 is 0. The molecule has 2 bridgehead atoms. The van der Waals surface area contributed by atoms with Crippen molar-refractivity contribution >= 4 is 0 Å². The molecule has 3 aliphatic rings. The highest BCUT2D eigenvalue weighted by Gasteiger charge is 2.52. The van der Waals surface area contributed by atoms with Crippen molar-refractivity contribution in [2.24, 2.45) is 0 Å². The van der Waals surface area contributed by atoms with Crippen molar-refractivity contribution in [1.82, 2.24) is 0 Å². The summed E-state index contributed by atoms with van der Waals surface area (Å²) in [7, 11) is 0. The molecular weight excluding hydrogens is 264 g/mol. The van der Waals surface area contributed by atoms with Gasteiger partial charge in [-0.1, -0.05) is 71.8 Å². The summed E-state index contributed by atoms with van der Waals surface area (Å²) in [6.07, 6.45) is 5.15. The minimum absolute atomic E-state index is 0.294. The fraction of sp³-hybridized carbons (Fsp3) is 0.364. The van der Waals surface area contributed by atoms with Gasteiger partial charge >= 0.3 is 0 Å². The summed E-state index contributed by atoms with van der Waals surface area (Å²) in [6.45, 7) is 4.77. The first-order chi connectivity index (χ1) is 10.7. The molecule has 0 aromatic heterocycles. The third-order valence-electron chi connectivity index (χ3n) is 6.61. The van der Waals surface area contributed by atoms with Crippen LogP contribution >= 0.6 is 0 Å². The topological polar surface area (TPSA) is 0 Å². The zero-order chi connectivity index (χ0) is 15.2. The molecule has 0 radical (unpaired) electrons. The van der Waals surface area contributed by atoms with E-state index in [9.17, 15) is 0 Å². The van der Waals surface area contributed by atoms with Gasteiger partial charge in [0.05, 0.1) is 0 Å². The maximum Gasteiger partial charge on any atom is 0.0162 e. The highest BCUT2D eigenvalue weighted by atomic mass is 14.6. The van der Waals surface area contributed by atoms with Crippen molar-refractivity contribution in [1.29, 1.82) is 0 Å². The smallest absolute Gasteiger partial charge is 0.0162 e. The van der Waals surface area contributed by atoms with Crippen molar-refractivity contribution in [2.75, 3.05) is 0 Å². The largest absolute Gasteiger partial charge is 0.0629 e. The molecule has 0 aliphatic heterocycles. The summed E-state index contributed by atoms with van der Waals surface area (Å²) < 4.78 is 0. The lowest BCUT2D eigenvalue weighted by atomic mass is 9.48. The Bertz CT molecular complexity index is 635. The van der Waals surface area contributed by atoms with Crippen LogP contribution in [-0.4, -0.2) is 0 Å². The second-order valence-electron chi connectivity index (χ2n) is 7.15. The molecule has 2 aromatic carbocycles. The monoisotopic (exact) mass is 288 g/mol. The van der Waals surface area contributed by atoms with E-state index in [2.05, 4.69) is 74.5 Å². The Morgan fingerprint density at radius 1 is 0.545 bits per heavy atom. The highest BCUT2D eigenvalue weighted by Crippen LogP contribution is 2.60. The second-order valence-corrected chi connectivity index (χ2v) is 7.15. The molecule has 1 fully saturated rings. The minimum Gasteiger partial charge on any atom is -0.0629 e. The fourth-order valence-corrected chi connectivity index (χ4v) is 5.10. The third kappa shape index (κ3) is 1.70. The van der Waals surface area contributed by atoms with Crippen LogP contribution in [0.25, 0.3) is 0 Å². The number of hydrogen-bond donors (Lipinski definition) is 0. The van der Waals surface area contributed by atoms with Crippen LogP contribution in [0.3, 0.4) is 0 Å². The van der Waals surface area contributed by atoms with E-state index in [0.29, 0.717) is 10.8 Å². The predicted molar refractivity (Wildman–Crippen MR) is 93.1 cm³/mol. The van der Waals surface area contributed by atoms with E-state index in [-0.39, 0.29) is 0 Å². The second kappa shape index (κ2) is 4.84. The minimum atomic E-state index is 0.294. The molecular formula is C22H24. The Morgan fingerprint density at radius 3 is 1.18 bits per heavy atom. The summed E-state index contributed by atoms with van der Waals surface area (Å²) in [6, 6.07) is 22.4. The molecule has 2 aromatic rings. The van der Waals surface area contributed by atoms with Gasteiger partial charge in [-0.3, -0.25) is 0 Å². The van der Waals surface area contributed by atoms with Crippen LogP contribution < -0.4 is 0 Å². The standard InChI is InChI=1S/C22H24/c1-17-18(2)22(20-11-7-4-8-12-20)15-13-21(17,14-16-22)19-9-5-3-6-10-19/h3-12H,13-16H2,1-2H3. The van der Waals surface area contributed by atoms with Gasteiger partial charge in [0.25, 0.3) is 0 Å². The molecule has 112 valence electrons. The lowest BCUT2D eigenvalue weighted by Crippen LogP contribution is -2.47. The number of allylic oxidation sites excluding steroid dienone is 2. The summed E-state index contributed by atoms with van der Waals surface area (Å²) in [5.41, 5.74) is 6.88. The van der Waals surface area contributed by atoms with Crippen molar-refractivity contribution < 1.29 is 0 Å². The van der Waals surface area contributed by atoms with Gasteiger partial charge < -0.3 is 0 Å². The third-order valence-corrected chi connectivity index (χ3v) is 6.61. The predicted octanol–water partition coefficient (Wildman–Crippen LogP) is 5.79. The van der Waals surface area contributed by atoms with E-state index in [1.54, 1.807) is 11.1 Å². The van der Waals surface area contributed by atoms with Gasteiger partial charge in [-0.2, -0.15) is 0 Å². The van der Waals surface area contributed by atoms with Gasteiger partial charge in [-0.15, -0.1) is 0 Å². The first kappa shape index (κ1) is 13.8. The van der Waals surface area contributed by atoms with Crippen LogP contribution in [0.15, 0.2) is 71.8 Å². The van der Waals surface area contributed by atoms with E-state index in [1.807, 2.05) is 0 Å². The maximum absolute atomic E-state index is 2.39. The number of hydrogen-bond acceptors (Lipinski definition) is 0. The van der Waals surface area contributed by atoms with Gasteiger partial charge in [0.2, 0.25) is 0 Å². The van der Waals surface area contributed by atoms with Crippen molar-refractivity contribution in [3.63, 3.8) is 0 Å². The molecule has 22 heavy (non-hydrogen) atoms. The molecule has 0 spiro atoms. The van der Waals surface area contributed by atoms with Crippen LogP contribution in [0.5, 0.6) is 0 Å². The molecule has 0 amide bonds. The summed E-state index contributed by atoms with van der Waals surface area (Å²) in [4.78, 5) is 0. The zero-order valence-corrected chi connectivity index (χ0v) is 13.6. The van der Waals surface area contributed by atoms with Crippen LogP contribution in [0.2, 0.25) is 0 Å². The molecule has 0 unspecified atom stereocenters. The average Bonchev–Trinajstić information content (AvgIpc) is 2.61. The number of benzene rings is 2. The maximum atomic E-state index is 2.39. The van der Waals surface area contributed by atoms with Crippen LogP contribution in [0.1, 0.15) is 50.7 Å². The molecule has 0 atom stereocenters. The zero-order valence-electron chi connectivity index (χ0n) is 13.6. The Labute approximate surface area is 133 Å². The summed E-state index contributed by atoms with van der Waals surface area (Å²) in [5.74, 6) is 0. The lowest BCUT2D eigenvalue weighted by molar-refractivity contribution is 0.213. The highest BCUT2D eigenvalue weighted by molar-refractivity contribution is 5.50. The lowest BCUT2D eigenvalue weighted by Gasteiger charge is -2.55. The van der Waals surface area contributed by atoms with E-state index in [0.717, 1.165) is 0 Å². The van der Waals surface area contributed by atoms with Gasteiger partial charge in [0.1, 0.15) is 0 Å². The average molecular weight is 288 g/mol. The Hall–Kier alpha value is -1.82. The van der Waals surface area contributed by atoms with Gasteiger partial charge in [0, 0.05) is 10.8 Å². The van der Waals surface area contributed by atoms with Gasteiger partial charge in [0.15, 0.2) is 0 Å². The molecule has 3 aliphatic carbocycles. The molecule has 0 N–H and O–H groups in total. The van der Waals surface area contributed by atoms with Crippen molar-refractivity contribution in [3.05, 3.63) is 82.9 Å². The molecule has 0 nitrogen and oxygen atoms in total. The first-order valence-electron chi connectivity index (χ1n) is 8.49. The molecule has 5 rings (SSSR count). The first-order valence-corrected chi connectivity index (χ1v) is 8.49.